The van der Waals surface area contributed by atoms with Crippen LogP contribution in [0.15, 0.2) is 30.3 Å². The maximum atomic E-state index is 13.9. The summed E-state index contributed by atoms with van der Waals surface area (Å²) in [6.07, 6.45) is 0.425. The normalized spacial score (nSPS) is 17.3. The van der Waals surface area contributed by atoms with Gasteiger partial charge in [0.2, 0.25) is 5.91 Å². The van der Waals surface area contributed by atoms with Crippen molar-refractivity contribution in [3.63, 3.8) is 0 Å². The lowest BCUT2D eigenvalue weighted by atomic mass is 10.1. The molecule has 1 amide bonds. The van der Waals surface area contributed by atoms with Crippen LogP contribution < -0.4 is 10.6 Å². The molecule has 1 aromatic carbocycles. The fraction of sp³-hybridized carbons (Fsp3) is 0.250. The lowest BCUT2D eigenvalue weighted by molar-refractivity contribution is -0.115. The van der Waals surface area contributed by atoms with Gasteiger partial charge < -0.3 is 10.6 Å². The molecule has 3 rings (SSSR count). The fourth-order valence-corrected chi connectivity index (χ4v) is 2.77. The van der Waals surface area contributed by atoms with Crippen LogP contribution in [-0.2, 0) is 11.2 Å². The monoisotopic (exact) mass is 353 g/mol. The molecule has 2 unspecified atom stereocenters. The van der Waals surface area contributed by atoms with Crippen LogP contribution in [0, 0.1) is 5.82 Å². The van der Waals surface area contributed by atoms with E-state index in [2.05, 4.69) is 15.6 Å². The van der Waals surface area contributed by atoms with Crippen LogP contribution >= 0.6 is 23.2 Å². The van der Waals surface area contributed by atoms with Gasteiger partial charge in [-0.3, -0.25) is 4.79 Å². The van der Waals surface area contributed by atoms with Crippen molar-refractivity contribution in [2.75, 3.05) is 10.6 Å². The first-order valence-electron chi connectivity index (χ1n) is 7.11. The third-order valence-corrected chi connectivity index (χ3v) is 4.11. The molecule has 0 saturated carbocycles. The highest BCUT2D eigenvalue weighted by molar-refractivity contribution is 6.32. The quantitative estimate of drug-likeness (QED) is 0.643. The van der Waals surface area contributed by atoms with E-state index in [0.29, 0.717) is 28.5 Å². The Morgan fingerprint density at radius 1 is 1.43 bits per heavy atom. The van der Waals surface area contributed by atoms with E-state index in [9.17, 15) is 9.18 Å². The minimum Gasteiger partial charge on any atom is -0.376 e. The predicted molar refractivity (Wildman–Crippen MR) is 89.7 cm³/mol. The van der Waals surface area contributed by atoms with E-state index >= 15 is 0 Å². The van der Waals surface area contributed by atoms with Gasteiger partial charge in [-0.1, -0.05) is 17.7 Å². The average molecular weight is 354 g/mol. The molecule has 0 fully saturated rings. The molecule has 120 valence electrons. The van der Waals surface area contributed by atoms with Crippen LogP contribution in [0.2, 0.25) is 5.15 Å². The molecule has 1 aromatic heterocycles. The van der Waals surface area contributed by atoms with Crippen LogP contribution in [0.1, 0.15) is 24.2 Å². The average Bonchev–Trinajstić information content (AvgIpc) is 2.94. The second-order valence-corrected chi connectivity index (χ2v) is 6.38. The Morgan fingerprint density at radius 3 is 2.91 bits per heavy atom. The Bertz CT molecular complexity index is 767. The van der Waals surface area contributed by atoms with E-state index in [-0.39, 0.29) is 17.8 Å². The number of halogens is 3. The number of benzene rings is 1. The second-order valence-electron chi connectivity index (χ2n) is 5.34. The first-order chi connectivity index (χ1) is 11.0. The van der Waals surface area contributed by atoms with E-state index in [0.717, 1.165) is 5.69 Å². The highest BCUT2D eigenvalue weighted by Gasteiger charge is 2.28. The third-order valence-electron chi connectivity index (χ3n) is 3.70. The number of carbonyl (C=O) groups excluding carboxylic acids is 1. The molecule has 4 nitrogen and oxygen atoms in total. The van der Waals surface area contributed by atoms with Gasteiger partial charge in [0.25, 0.3) is 0 Å². The first kappa shape index (κ1) is 16.0. The van der Waals surface area contributed by atoms with E-state index in [1.807, 2.05) is 6.07 Å². The molecule has 2 atom stereocenters. The van der Waals surface area contributed by atoms with Crippen LogP contribution in [0.3, 0.4) is 0 Å². The van der Waals surface area contributed by atoms with Crippen molar-refractivity contribution in [2.45, 2.75) is 24.8 Å². The van der Waals surface area contributed by atoms with Crippen molar-refractivity contribution >= 4 is 40.5 Å². The Morgan fingerprint density at radius 2 is 2.22 bits per heavy atom. The SMILES string of the molecule is CC(Cl)C(=O)Nc1ccc(Cl)nc1C1Cc2c(F)cccc2N1. The highest BCUT2D eigenvalue weighted by atomic mass is 35.5. The summed E-state index contributed by atoms with van der Waals surface area (Å²) in [6.45, 7) is 1.58. The summed E-state index contributed by atoms with van der Waals surface area (Å²) < 4.78 is 13.9. The molecule has 1 aliphatic heterocycles. The van der Waals surface area contributed by atoms with Crippen LogP contribution in [0.5, 0.6) is 0 Å². The molecule has 7 heteroatoms. The zero-order chi connectivity index (χ0) is 16.6. The number of hydrogen-bond donors (Lipinski definition) is 2. The number of anilines is 2. The zero-order valence-electron chi connectivity index (χ0n) is 12.2. The highest BCUT2D eigenvalue weighted by Crippen LogP contribution is 2.37. The Kier molecular flexibility index (Phi) is 4.41. The fourth-order valence-electron chi connectivity index (χ4n) is 2.56. The lowest BCUT2D eigenvalue weighted by Crippen LogP contribution is -2.22. The van der Waals surface area contributed by atoms with Gasteiger partial charge in [0.15, 0.2) is 0 Å². The molecule has 0 saturated heterocycles. The molecule has 23 heavy (non-hydrogen) atoms. The number of pyridine rings is 1. The smallest absolute Gasteiger partial charge is 0.242 e. The van der Waals surface area contributed by atoms with Crippen molar-refractivity contribution < 1.29 is 9.18 Å². The van der Waals surface area contributed by atoms with Crippen molar-refractivity contribution in [1.29, 1.82) is 0 Å². The maximum Gasteiger partial charge on any atom is 0.242 e. The van der Waals surface area contributed by atoms with Gasteiger partial charge in [-0.25, -0.2) is 9.37 Å². The summed E-state index contributed by atoms with van der Waals surface area (Å²) in [7, 11) is 0. The van der Waals surface area contributed by atoms with E-state index < -0.39 is 5.38 Å². The summed E-state index contributed by atoms with van der Waals surface area (Å²) in [6, 6.07) is 7.85. The first-order valence-corrected chi connectivity index (χ1v) is 7.92. The number of alkyl halides is 1. The van der Waals surface area contributed by atoms with Crippen molar-refractivity contribution in [1.82, 2.24) is 4.98 Å². The Balaban J connectivity index is 1.93. The second kappa shape index (κ2) is 6.34. The van der Waals surface area contributed by atoms with Gasteiger partial charge in [-0.05, 0) is 31.2 Å². The summed E-state index contributed by atoms with van der Waals surface area (Å²) in [5, 5.41) is 5.57. The largest absolute Gasteiger partial charge is 0.376 e. The summed E-state index contributed by atoms with van der Waals surface area (Å²) in [4.78, 5) is 16.2. The molecule has 0 spiro atoms. The van der Waals surface area contributed by atoms with Gasteiger partial charge in [-0.15, -0.1) is 11.6 Å². The molecule has 2 heterocycles. The lowest BCUT2D eigenvalue weighted by Gasteiger charge is -2.17. The topological polar surface area (TPSA) is 54.0 Å². The summed E-state index contributed by atoms with van der Waals surface area (Å²) in [5.41, 5.74) is 2.39. The van der Waals surface area contributed by atoms with Gasteiger partial charge in [0.05, 0.1) is 17.4 Å². The summed E-state index contributed by atoms with van der Waals surface area (Å²) in [5.74, 6) is -0.599. The van der Waals surface area contributed by atoms with E-state index in [1.165, 1.54) is 6.07 Å². The van der Waals surface area contributed by atoms with Crippen LogP contribution in [0.4, 0.5) is 15.8 Å². The van der Waals surface area contributed by atoms with Gasteiger partial charge in [0.1, 0.15) is 16.3 Å². The summed E-state index contributed by atoms with van der Waals surface area (Å²) >= 11 is 11.8. The minimum atomic E-state index is -0.676. The molecular weight excluding hydrogens is 340 g/mol. The van der Waals surface area contributed by atoms with Crippen molar-refractivity contribution in [3.8, 4) is 0 Å². The number of nitrogens with zero attached hydrogens (tertiary/aromatic N) is 1. The molecule has 0 bridgehead atoms. The minimum absolute atomic E-state index is 0.264. The molecule has 2 N–H and O–H groups in total. The number of rotatable bonds is 3. The predicted octanol–water partition coefficient (Wildman–Crippen LogP) is 4.15. The Hall–Kier alpha value is -1.85. The number of hydrogen-bond acceptors (Lipinski definition) is 3. The van der Waals surface area contributed by atoms with E-state index in [4.69, 9.17) is 23.2 Å². The molecule has 2 aromatic rings. The zero-order valence-corrected chi connectivity index (χ0v) is 13.7. The van der Waals surface area contributed by atoms with Gasteiger partial charge in [0, 0.05) is 17.7 Å². The third kappa shape index (κ3) is 3.26. The number of carbonyl (C=O) groups is 1. The Labute approximate surface area is 143 Å². The molecular formula is C16H14Cl2FN3O. The van der Waals surface area contributed by atoms with Crippen molar-refractivity contribution in [3.05, 3.63) is 52.6 Å². The standard InChI is InChI=1S/C16H14Cl2FN3O/c1-8(17)16(23)21-12-5-6-14(18)22-15(12)13-7-9-10(19)3-2-4-11(9)20-13/h2-6,8,13,20H,7H2,1H3,(H,21,23). The number of aromatic nitrogens is 1. The number of amides is 1. The molecule has 1 aliphatic rings. The van der Waals surface area contributed by atoms with Gasteiger partial charge in [-0.2, -0.15) is 0 Å². The van der Waals surface area contributed by atoms with Crippen LogP contribution in [0.25, 0.3) is 0 Å². The molecule has 0 radical (unpaired) electrons. The van der Waals surface area contributed by atoms with Crippen LogP contribution in [-0.4, -0.2) is 16.3 Å². The van der Waals surface area contributed by atoms with Gasteiger partial charge >= 0.3 is 0 Å². The molecule has 0 aliphatic carbocycles. The van der Waals surface area contributed by atoms with Crippen molar-refractivity contribution in [2.24, 2.45) is 0 Å². The van der Waals surface area contributed by atoms with E-state index in [1.54, 1.807) is 25.1 Å². The number of fused-ring (bicyclic) bond motifs is 1. The maximum absolute atomic E-state index is 13.9. The number of nitrogens with one attached hydrogen (secondary N) is 2.